The molecule has 45 heavy (non-hydrogen) atoms. The van der Waals surface area contributed by atoms with E-state index in [1.165, 1.54) is 0 Å². The summed E-state index contributed by atoms with van der Waals surface area (Å²) in [7, 11) is -3.06. The SMILES string of the molecule is COC(=O)C(Cc1ccc2c(c1)OCC(c1ccc(OCc3ccc(Cl)c(Cl)c3)cc1)O2)NS(=O)(=O)c1ccc([N+](=O)[O-])cc1. The number of nitro benzene ring substituents is 1. The van der Waals surface area contributed by atoms with Gasteiger partial charge >= 0.3 is 5.97 Å². The van der Waals surface area contributed by atoms with Crippen LogP contribution in [0, 0.1) is 10.1 Å². The van der Waals surface area contributed by atoms with Gasteiger partial charge in [-0.05, 0) is 71.6 Å². The maximum Gasteiger partial charge on any atom is 0.324 e. The minimum atomic E-state index is -4.21. The molecular formula is C31H26Cl2N2O9S. The minimum Gasteiger partial charge on any atom is -0.489 e. The molecule has 1 N–H and O–H groups in total. The van der Waals surface area contributed by atoms with Crippen molar-refractivity contribution in [1.29, 1.82) is 0 Å². The number of sulfonamides is 1. The molecule has 0 bridgehead atoms. The number of halogens is 2. The summed E-state index contributed by atoms with van der Waals surface area (Å²) >= 11 is 12.0. The van der Waals surface area contributed by atoms with E-state index < -0.39 is 27.0 Å². The second-order valence-electron chi connectivity index (χ2n) is 9.96. The summed E-state index contributed by atoms with van der Waals surface area (Å²) in [5.41, 5.74) is 2.08. The van der Waals surface area contributed by atoms with Gasteiger partial charge in [0.05, 0.1) is 27.0 Å². The van der Waals surface area contributed by atoms with Crippen molar-refractivity contribution < 1.29 is 37.1 Å². The number of non-ortho nitro benzene ring substituents is 1. The average Bonchev–Trinajstić information content (AvgIpc) is 3.04. The highest BCUT2D eigenvalue weighted by Crippen LogP contribution is 2.37. The molecule has 1 heterocycles. The van der Waals surface area contributed by atoms with Crippen LogP contribution in [-0.2, 0) is 32.6 Å². The summed E-state index contributed by atoms with van der Waals surface area (Å²) in [5.74, 6) is 0.777. The number of nitrogens with one attached hydrogen (secondary N) is 1. The fourth-order valence-corrected chi connectivity index (χ4v) is 6.04. The third-order valence-corrected chi connectivity index (χ3v) is 9.12. The van der Waals surface area contributed by atoms with Crippen LogP contribution in [0.3, 0.4) is 0 Å². The molecule has 0 fully saturated rings. The zero-order chi connectivity index (χ0) is 32.1. The molecule has 0 saturated carbocycles. The summed E-state index contributed by atoms with van der Waals surface area (Å²) in [6.07, 6.45) is -0.438. The number of methoxy groups -OCH3 is 1. The molecule has 234 valence electrons. The molecule has 0 amide bonds. The standard InChI is InChI=1S/C31H26Cl2N2O9S/c1-41-31(36)27(34-45(39,40)24-10-6-22(7-11-24)35(37)38)15-19-3-13-28-29(16-19)43-18-30(44-28)21-4-8-23(9-5-21)42-17-20-2-12-25(32)26(33)14-20/h2-14,16,27,30,34H,15,17-18H2,1H3. The lowest BCUT2D eigenvalue weighted by atomic mass is 10.0. The molecule has 2 atom stereocenters. The van der Waals surface area contributed by atoms with Gasteiger partial charge < -0.3 is 18.9 Å². The summed E-state index contributed by atoms with van der Waals surface area (Å²) in [6.45, 7) is 0.539. The lowest BCUT2D eigenvalue weighted by molar-refractivity contribution is -0.384. The van der Waals surface area contributed by atoms with Gasteiger partial charge in [-0.1, -0.05) is 47.5 Å². The molecule has 11 nitrogen and oxygen atoms in total. The van der Waals surface area contributed by atoms with E-state index in [0.717, 1.165) is 42.5 Å². The highest BCUT2D eigenvalue weighted by Gasteiger charge is 2.29. The fraction of sp³-hybridized carbons (Fsp3) is 0.194. The average molecular weight is 674 g/mol. The molecule has 1 aliphatic heterocycles. The number of rotatable bonds is 11. The van der Waals surface area contributed by atoms with Crippen LogP contribution < -0.4 is 18.9 Å². The van der Waals surface area contributed by atoms with Crippen LogP contribution in [0.25, 0.3) is 0 Å². The van der Waals surface area contributed by atoms with Gasteiger partial charge in [-0.25, -0.2) is 8.42 Å². The Bertz CT molecular complexity index is 1820. The number of esters is 1. The molecule has 14 heteroatoms. The largest absolute Gasteiger partial charge is 0.489 e. The quantitative estimate of drug-likeness (QED) is 0.114. The first-order valence-electron chi connectivity index (χ1n) is 13.5. The number of hydrogen-bond donors (Lipinski definition) is 1. The predicted octanol–water partition coefficient (Wildman–Crippen LogP) is 6.06. The van der Waals surface area contributed by atoms with Crippen molar-refractivity contribution in [3.63, 3.8) is 0 Å². The van der Waals surface area contributed by atoms with Crippen LogP contribution in [0.5, 0.6) is 17.2 Å². The molecule has 2 unspecified atom stereocenters. The Morgan fingerprint density at radius 3 is 2.36 bits per heavy atom. The molecule has 4 aromatic carbocycles. The number of ether oxygens (including phenoxy) is 4. The zero-order valence-electron chi connectivity index (χ0n) is 23.6. The summed E-state index contributed by atoms with van der Waals surface area (Å²) in [4.78, 5) is 22.5. The van der Waals surface area contributed by atoms with Crippen LogP contribution >= 0.6 is 23.2 Å². The monoisotopic (exact) mass is 672 g/mol. The van der Waals surface area contributed by atoms with E-state index in [9.17, 15) is 23.3 Å². The van der Waals surface area contributed by atoms with E-state index in [1.807, 2.05) is 30.3 Å². The molecular weight excluding hydrogens is 647 g/mol. The number of fused-ring (bicyclic) bond motifs is 1. The van der Waals surface area contributed by atoms with Crippen molar-refractivity contribution in [3.8, 4) is 17.2 Å². The van der Waals surface area contributed by atoms with Gasteiger partial charge in [-0.3, -0.25) is 14.9 Å². The Balaban J connectivity index is 1.22. The fourth-order valence-electron chi connectivity index (χ4n) is 4.53. The van der Waals surface area contributed by atoms with Gasteiger partial charge in [-0.2, -0.15) is 4.72 Å². The molecule has 5 rings (SSSR count). The lowest BCUT2D eigenvalue weighted by Gasteiger charge is -2.27. The first-order valence-corrected chi connectivity index (χ1v) is 15.7. The van der Waals surface area contributed by atoms with Gasteiger partial charge in [0, 0.05) is 12.1 Å². The molecule has 0 aliphatic carbocycles. The van der Waals surface area contributed by atoms with Gasteiger partial charge in [-0.15, -0.1) is 0 Å². The van der Waals surface area contributed by atoms with Crippen LogP contribution in [0.1, 0.15) is 22.8 Å². The van der Waals surface area contributed by atoms with Gasteiger partial charge in [0.2, 0.25) is 10.0 Å². The van der Waals surface area contributed by atoms with Gasteiger partial charge in [0.15, 0.2) is 17.6 Å². The van der Waals surface area contributed by atoms with Crippen LogP contribution in [0.2, 0.25) is 10.0 Å². The molecule has 0 spiro atoms. The van der Waals surface area contributed by atoms with E-state index in [1.54, 1.807) is 30.3 Å². The molecule has 0 saturated heterocycles. The van der Waals surface area contributed by atoms with Crippen LogP contribution in [0.4, 0.5) is 5.69 Å². The first kappa shape index (κ1) is 32.0. The number of benzene rings is 4. The van der Waals surface area contributed by atoms with Crippen molar-refractivity contribution >= 4 is 44.9 Å². The number of nitrogens with zero attached hydrogens (tertiary/aromatic N) is 1. The van der Waals surface area contributed by atoms with E-state index >= 15 is 0 Å². The number of nitro groups is 1. The second kappa shape index (κ2) is 13.7. The molecule has 0 radical (unpaired) electrons. The van der Waals surface area contributed by atoms with E-state index in [-0.39, 0.29) is 29.7 Å². The van der Waals surface area contributed by atoms with Crippen molar-refractivity contribution in [2.24, 2.45) is 0 Å². The summed E-state index contributed by atoms with van der Waals surface area (Å²) < 4.78 is 51.0. The van der Waals surface area contributed by atoms with E-state index in [4.69, 9.17) is 42.1 Å². The van der Waals surface area contributed by atoms with Crippen molar-refractivity contribution in [1.82, 2.24) is 4.72 Å². The van der Waals surface area contributed by atoms with E-state index in [0.29, 0.717) is 39.5 Å². The third-order valence-electron chi connectivity index (χ3n) is 6.89. The maximum absolute atomic E-state index is 12.9. The molecule has 1 aliphatic rings. The van der Waals surface area contributed by atoms with Gasteiger partial charge in [0.25, 0.3) is 5.69 Å². The highest BCUT2D eigenvalue weighted by molar-refractivity contribution is 7.89. The smallest absolute Gasteiger partial charge is 0.324 e. The van der Waals surface area contributed by atoms with E-state index in [2.05, 4.69) is 4.72 Å². The van der Waals surface area contributed by atoms with Crippen LogP contribution in [0.15, 0.2) is 89.8 Å². The molecule has 4 aromatic rings. The van der Waals surface area contributed by atoms with Crippen molar-refractivity contribution in [2.45, 2.75) is 30.1 Å². The highest BCUT2D eigenvalue weighted by atomic mass is 35.5. The summed E-state index contributed by atoms with van der Waals surface area (Å²) in [5, 5.41) is 11.8. The van der Waals surface area contributed by atoms with Crippen LogP contribution in [-0.4, -0.2) is 39.1 Å². The Hall–Kier alpha value is -4.36. The zero-order valence-corrected chi connectivity index (χ0v) is 26.0. The topological polar surface area (TPSA) is 143 Å². The third kappa shape index (κ3) is 7.84. The normalized spacial score (nSPS) is 14.8. The Kier molecular flexibility index (Phi) is 9.78. The number of hydrogen-bond acceptors (Lipinski definition) is 9. The Morgan fingerprint density at radius 1 is 0.978 bits per heavy atom. The lowest BCUT2D eigenvalue weighted by Crippen LogP contribution is -2.43. The number of carbonyl (C=O) groups excluding carboxylic acids is 1. The maximum atomic E-state index is 12.9. The first-order chi connectivity index (χ1) is 21.5. The molecule has 0 aromatic heterocycles. The second-order valence-corrected chi connectivity index (χ2v) is 12.5. The number of carbonyl (C=O) groups is 1. The summed E-state index contributed by atoms with van der Waals surface area (Å²) in [6, 6.07) is 20.8. The Labute approximate surface area is 268 Å². The Morgan fingerprint density at radius 2 is 1.69 bits per heavy atom. The minimum absolute atomic E-state index is 0.0529. The van der Waals surface area contributed by atoms with Crippen molar-refractivity contribution in [2.75, 3.05) is 13.7 Å². The van der Waals surface area contributed by atoms with Crippen molar-refractivity contribution in [3.05, 3.63) is 122 Å². The van der Waals surface area contributed by atoms with Gasteiger partial charge in [0.1, 0.15) is 25.0 Å². The predicted molar refractivity (Wildman–Crippen MR) is 165 cm³/mol.